The highest BCUT2D eigenvalue weighted by molar-refractivity contribution is 7.30. The van der Waals surface area contributed by atoms with Gasteiger partial charge in [0.05, 0.1) is 5.56 Å². The molecule has 0 saturated heterocycles. The average Bonchev–Trinajstić information content (AvgIpc) is 2.11. The summed E-state index contributed by atoms with van der Waals surface area (Å²) in [6.45, 7) is 1.52. The van der Waals surface area contributed by atoms with Gasteiger partial charge in [-0.1, -0.05) is 0 Å². The number of aryl methyl sites for hydroxylation is 1. The quantitative estimate of drug-likeness (QED) is 0.555. The highest BCUT2D eigenvalue weighted by Gasteiger charge is 2.32. The van der Waals surface area contributed by atoms with Gasteiger partial charge in [0, 0.05) is 0 Å². The van der Waals surface area contributed by atoms with Crippen molar-refractivity contribution in [2.75, 3.05) is 0 Å². The van der Waals surface area contributed by atoms with Crippen LogP contribution >= 0.6 is 8.19 Å². The molecule has 0 aromatic carbocycles. The smallest absolute Gasteiger partial charge is 0.166 e. The van der Waals surface area contributed by atoms with Gasteiger partial charge in [-0.15, -0.1) is 8.19 Å². The first-order valence-corrected chi connectivity index (χ1v) is 3.80. The van der Waals surface area contributed by atoms with Gasteiger partial charge in [0.1, 0.15) is 0 Å². The van der Waals surface area contributed by atoms with Gasteiger partial charge in [0.2, 0.25) is 0 Å². The minimum absolute atomic E-state index is 0.215. The van der Waals surface area contributed by atoms with E-state index in [1.54, 1.807) is 5.80 Å². The van der Waals surface area contributed by atoms with Crippen molar-refractivity contribution >= 4 is 8.19 Å². The average molecular weight is 166 g/mol. The van der Waals surface area contributed by atoms with Crippen LogP contribution in [0, 0.1) is 6.92 Å². The Kier molecular flexibility index (Phi) is 1.78. The lowest BCUT2D eigenvalue weighted by molar-refractivity contribution is -0.137. The summed E-state index contributed by atoms with van der Waals surface area (Å²) in [7, 11) is 0.215. The fourth-order valence-corrected chi connectivity index (χ4v) is 1.64. The molecule has 10 heavy (non-hydrogen) atoms. The van der Waals surface area contributed by atoms with Crippen LogP contribution in [0.25, 0.3) is 0 Å². The molecule has 4 heteroatoms. The van der Waals surface area contributed by atoms with E-state index in [4.69, 9.17) is 0 Å². The highest BCUT2D eigenvalue weighted by Crippen LogP contribution is 2.35. The van der Waals surface area contributed by atoms with Gasteiger partial charge in [-0.25, -0.2) is 0 Å². The highest BCUT2D eigenvalue weighted by atomic mass is 31.0. The predicted octanol–water partition coefficient (Wildman–Crippen LogP) is 3.05. The van der Waals surface area contributed by atoms with Crippen LogP contribution in [0.3, 0.4) is 0 Å². The normalized spacial score (nSPS) is 12.8. The van der Waals surface area contributed by atoms with Gasteiger partial charge >= 0.3 is 6.18 Å². The third-order valence-electron chi connectivity index (χ3n) is 1.26. The summed E-state index contributed by atoms with van der Waals surface area (Å²) in [5.41, 5.74) is -0.467. The van der Waals surface area contributed by atoms with E-state index in [2.05, 4.69) is 0 Å². The lowest BCUT2D eigenvalue weighted by Gasteiger charge is -2.03. The fourth-order valence-electron chi connectivity index (χ4n) is 0.760. The molecule has 0 aliphatic carbocycles. The predicted molar refractivity (Wildman–Crippen MR) is 35.7 cm³/mol. The fraction of sp³-hybridized carbons (Fsp3) is 0.333. The van der Waals surface area contributed by atoms with Crippen molar-refractivity contribution in [3.8, 4) is 0 Å². The van der Waals surface area contributed by atoms with Crippen molar-refractivity contribution in [2.45, 2.75) is 13.1 Å². The van der Waals surface area contributed by atoms with E-state index in [0.717, 1.165) is 6.07 Å². The molecule has 56 valence electrons. The number of alkyl halides is 3. The Hall–Kier alpha value is -0.430. The van der Waals surface area contributed by atoms with Gasteiger partial charge in [-0.3, -0.25) is 0 Å². The van der Waals surface area contributed by atoms with E-state index in [1.165, 1.54) is 6.92 Å². The zero-order valence-electron chi connectivity index (χ0n) is 5.29. The Morgan fingerprint density at radius 1 is 1.40 bits per heavy atom. The maximum atomic E-state index is 11.9. The van der Waals surface area contributed by atoms with Gasteiger partial charge in [-0.05, 0) is 24.1 Å². The Bertz CT molecular complexity index is 223. The van der Waals surface area contributed by atoms with E-state index in [1.807, 2.05) is 0 Å². The zero-order valence-corrected chi connectivity index (χ0v) is 6.29. The first kappa shape index (κ1) is 7.67. The van der Waals surface area contributed by atoms with E-state index in [9.17, 15) is 13.2 Å². The lowest BCUT2D eigenvalue weighted by Crippen LogP contribution is -2.03. The molecule has 0 nitrogen and oxygen atoms in total. The van der Waals surface area contributed by atoms with Crippen molar-refractivity contribution in [3.63, 3.8) is 0 Å². The summed E-state index contributed by atoms with van der Waals surface area (Å²) in [5.74, 6) is 1.55. The molecule has 0 aliphatic heterocycles. The van der Waals surface area contributed by atoms with Crippen molar-refractivity contribution in [3.05, 3.63) is 22.7 Å². The molecule has 0 amide bonds. The molecule has 0 N–H and O–H groups in total. The Morgan fingerprint density at radius 2 is 2.00 bits per heavy atom. The van der Waals surface area contributed by atoms with Crippen LogP contribution in [0.4, 0.5) is 13.2 Å². The van der Waals surface area contributed by atoms with E-state index in [0.29, 0.717) is 5.30 Å². The van der Waals surface area contributed by atoms with E-state index in [-0.39, 0.29) is 8.19 Å². The molecular weight excluding hydrogens is 160 g/mol. The third-order valence-corrected chi connectivity index (χ3v) is 2.29. The zero-order chi connectivity index (χ0) is 7.78. The first-order valence-electron chi connectivity index (χ1n) is 2.73. The summed E-state index contributed by atoms with van der Waals surface area (Å²) in [6, 6.07) is 1.15. The third kappa shape index (κ3) is 1.35. The number of halogens is 3. The van der Waals surface area contributed by atoms with Crippen LogP contribution in [-0.2, 0) is 6.18 Å². The molecule has 0 bridgehead atoms. The van der Waals surface area contributed by atoms with Crippen LogP contribution < -0.4 is 0 Å². The molecule has 0 radical (unpaired) electrons. The summed E-state index contributed by atoms with van der Waals surface area (Å²) < 4.78 is 35.7. The van der Waals surface area contributed by atoms with Crippen LogP contribution in [0.5, 0.6) is 0 Å². The second-order valence-corrected chi connectivity index (χ2v) is 3.39. The standard InChI is InChI=1S/C6H6F3P/c1-4-5(2-3-10-4)6(7,8)9/h2-3,10H,1H3. The van der Waals surface area contributed by atoms with Crippen LogP contribution in [0.15, 0.2) is 11.9 Å². The number of hydrogen-bond acceptors (Lipinski definition) is 0. The second kappa shape index (κ2) is 2.31. The van der Waals surface area contributed by atoms with Crippen molar-refractivity contribution in [2.24, 2.45) is 0 Å². The Labute approximate surface area is 58.1 Å². The van der Waals surface area contributed by atoms with Crippen molar-refractivity contribution in [1.29, 1.82) is 0 Å². The van der Waals surface area contributed by atoms with E-state index < -0.39 is 11.7 Å². The topological polar surface area (TPSA) is 0 Å². The maximum absolute atomic E-state index is 11.9. The van der Waals surface area contributed by atoms with Gasteiger partial charge in [0.15, 0.2) is 0 Å². The number of hydrogen-bond donors (Lipinski definition) is 0. The van der Waals surface area contributed by atoms with Crippen LogP contribution in [0.2, 0.25) is 0 Å². The Morgan fingerprint density at radius 3 is 2.20 bits per heavy atom. The largest absolute Gasteiger partial charge is 0.416 e. The van der Waals surface area contributed by atoms with Gasteiger partial charge in [0.25, 0.3) is 0 Å². The molecule has 0 aliphatic rings. The molecule has 1 aromatic rings. The molecule has 0 saturated carbocycles. The first-order chi connectivity index (χ1) is 4.52. The van der Waals surface area contributed by atoms with E-state index >= 15 is 0 Å². The van der Waals surface area contributed by atoms with Crippen LogP contribution in [0.1, 0.15) is 10.9 Å². The summed E-state index contributed by atoms with van der Waals surface area (Å²) in [6.07, 6.45) is -4.15. The SMILES string of the molecule is Cc1[pH]ccc1C(F)(F)F. The summed E-state index contributed by atoms with van der Waals surface area (Å²) >= 11 is 0. The Balaban J connectivity index is 3.05. The minimum Gasteiger partial charge on any atom is -0.166 e. The molecule has 0 fully saturated rings. The second-order valence-electron chi connectivity index (χ2n) is 2.01. The molecule has 1 heterocycles. The number of rotatable bonds is 0. The monoisotopic (exact) mass is 166 g/mol. The maximum Gasteiger partial charge on any atom is 0.416 e. The minimum atomic E-state index is -4.15. The van der Waals surface area contributed by atoms with Crippen LogP contribution in [-0.4, -0.2) is 0 Å². The van der Waals surface area contributed by atoms with Gasteiger partial charge in [-0.2, -0.15) is 13.2 Å². The molecule has 1 rings (SSSR count). The van der Waals surface area contributed by atoms with Crippen molar-refractivity contribution in [1.82, 2.24) is 0 Å². The molecule has 1 atom stereocenters. The molecular formula is C6H6F3P. The lowest BCUT2D eigenvalue weighted by atomic mass is 10.3. The molecule has 0 spiro atoms. The summed E-state index contributed by atoms with van der Waals surface area (Å²) in [4.78, 5) is 0. The molecule has 1 unspecified atom stereocenters. The van der Waals surface area contributed by atoms with Gasteiger partial charge < -0.3 is 0 Å². The molecule has 1 aromatic heterocycles. The summed E-state index contributed by atoms with van der Waals surface area (Å²) in [5, 5.41) is 0.438. The van der Waals surface area contributed by atoms with Crippen molar-refractivity contribution < 1.29 is 13.2 Å².